The van der Waals surface area contributed by atoms with E-state index in [1.54, 1.807) is 37.3 Å². The zero-order valence-electron chi connectivity index (χ0n) is 21.1. The van der Waals surface area contributed by atoms with Crippen LogP contribution in [0.2, 0.25) is 0 Å². The van der Waals surface area contributed by atoms with E-state index in [0.29, 0.717) is 11.1 Å². The number of hydrogen-bond donors (Lipinski definition) is 2. The van der Waals surface area contributed by atoms with Crippen LogP contribution in [0.5, 0.6) is 5.75 Å². The zero-order chi connectivity index (χ0) is 28.0. The lowest BCUT2D eigenvalue weighted by Gasteiger charge is -2.24. The molecule has 0 bridgehead atoms. The van der Waals surface area contributed by atoms with Gasteiger partial charge in [-0.2, -0.15) is 5.09 Å². The van der Waals surface area contributed by atoms with Gasteiger partial charge in [-0.05, 0) is 43.7 Å². The molecule has 208 valence electrons. The molecule has 2 aromatic carbocycles. The normalized spacial score (nSPS) is 19.3. The molecule has 12 nitrogen and oxygen atoms in total. The predicted molar refractivity (Wildman–Crippen MR) is 135 cm³/mol. The number of esters is 1. The number of hydrogen-bond acceptors (Lipinski definition) is 9. The molecule has 39 heavy (non-hydrogen) atoms. The molecule has 3 aromatic rings. The van der Waals surface area contributed by atoms with Gasteiger partial charge in [0, 0.05) is 11.8 Å². The summed E-state index contributed by atoms with van der Waals surface area (Å²) >= 11 is 0. The number of aromatic amines is 1. The lowest BCUT2D eigenvalue weighted by Crippen LogP contribution is -2.36. The van der Waals surface area contributed by atoms with Crippen molar-refractivity contribution in [2.24, 2.45) is 0 Å². The molecular weight excluding hydrogens is 536 g/mol. The molecule has 0 saturated carbocycles. The summed E-state index contributed by atoms with van der Waals surface area (Å²) in [5.74, 6) is -0.957. The van der Waals surface area contributed by atoms with Crippen LogP contribution in [0, 0.1) is 12.7 Å². The summed E-state index contributed by atoms with van der Waals surface area (Å²) in [5.41, 5.74) is -0.305. The van der Waals surface area contributed by atoms with Gasteiger partial charge in [-0.25, -0.2) is 13.8 Å². The number of halogens is 1. The molecule has 2 unspecified atom stereocenters. The van der Waals surface area contributed by atoms with Gasteiger partial charge in [-0.15, -0.1) is 0 Å². The largest absolute Gasteiger partial charge is 0.460 e. The lowest BCUT2D eigenvalue weighted by molar-refractivity contribution is -0.146. The Bertz CT molecular complexity index is 1450. The Labute approximate surface area is 222 Å². The number of aromatic nitrogens is 2. The van der Waals surface area contributed by atoms with Crippen molar-refractivity contribution in [3.05, 3.63) is 98.6 Å². The Morgan fingerprint density at radius 3 is 2.64 bits per heavy atom. The molecule has 1 aromatic heterocycles. The number of para-hydroxylation sites is 1. The summed E-state index contributed by atoms with van der Waals surface area (Å²) in [7, 11) is -4.20. The van der Waals surface area contributed by atoms with Crippen LogP contribution in [0.15, 0.2) is 70.4 Å². The second-order valence-corrected chi connectivity index (χ2v) is 10.3. The minimum absolute atomic E-state index is 0.0389. The fraction of sp³-hybridized carbons (Fsp3) is 0.320. The molecular formula is C25H27FN3O9P. The van der Waals surface area contributed by atoms with Crippen LogP contribution in [0.1, 0.15) is 24.3 Å². The van der Waals surface area contributed by atoms with E-state index in [-0.39, 0.29) is 25.6 Å². The maximum Gasteiger partial charge on any atom is 0.459 e. The van der Waals surface area contributed by atoms with E-state index in [2.05, 4.69) is 10.1 Å². The highest BCUT2D eigenvalue weighted by atomic mass is 31.2. The SMILES string of the molecule is Cc1cn([C@H]2CO[C@@H](COP(=O)(NC(C)C(=O)OCc3ccc(F)cc3)Oc3ccccc3)O2)c(=O)[nH]c1=O. The third-order valence-electron chi connectivity index (χ3n) is 5.54. The number of benzene rings is 2. The molecule has 2 N–H and O–H groups in total. The number of H-pyrrole nitrogens is 1. The maximum atomic E-state index is 13.6. The minimum Gasteiger partial charge on any atom is -0.460 e. The van der Waals surface area contributed by atoms with Crippen molar-refractivity contribution in [2.45, 2.75) is 39.0 Å². The van der Waals surface area contributed by atoms with E-state index in [9.17, 15) is 23.3 Å². The molecule has 0 radical (unpaired) electrons. The highest BCUT2D eigenvalue weighted by Crippen LogP contribution is 2.45. The highest BCUT2D eigenvalue weighted by Gasteiger charge is 2.36. The van der Waals surface area contributed by atoms with Crippen molar-refractivity contribution >= 4 is 13.7 Å². The lowest BCUT2D eigenvalue weighted by atomic mass is 10.2. The number of nitrogens with zero attached hydrogens (tertiary/aromatic N) is 1. The predicted octanol–water partition coefficient (Wildman–Crippen LogP) is 2.78. The fourth-order valence-electron chi connectivity index (χ4n) is 3.50. The average Bonchev–Trinajstić information content (AvgIpc) is 3.38. The maximum absolute atomic E-state index is 13.6. The second kappa shape index (κ2) is 12.5. The second-order valence-electron chi connectivity index (χ2n) is 8.61. The van der Waals surface area contributed by atoms with E-state index in [4.69, 9.17) is 23.3 Å². The topological polar surface area (TPSA) is 147 Å². The van der Waals surface area contributed by atoms with Crippen molar-refractivity contribution in [3.63, 3.8) is 0 Å². The third-order valence-corrected chi connectivity index (χ3v) is 7.18. The van der Waals surface area contributed by atoms with Gasteiger partial charge < -0.3 is 18.7 Å². The van der Waals surface area contributed by atoms with Crippen molar-refractivity contribution in [3.8, 4) is 5.75 Å². The van der Waals surface area contributed by atoms with Gasteiger partial charge >= 0.3 is 19.4 Å². The first-order valence-electron chi connectivity index (χ1n) is 11.9. The smallest absolute Gasteiger partial charge is 0.459 e. The molecule has 1 aliphatic rings. The monoisotopic (exact) mass is 563 g/mol. The molecule has 1 saturated heterocycles. The standard InChI is InChI=1S/C25H27FN3O9P/c1-16-12-29(25(32)27-23(16)30)21-14-34-22(37-21)15-36-39(33,38-20-6-4-3-5-7-20)28-17(2)24(31)35-13-18-8-10-19(26)11-9-18/h3-12,17,21-22H,13-15H2,1-2H3,(H,28,33)(H,27,30,32)/t17?,21-,22-,39?/m1/s1. The Kier molecular flexibility index (Phi) is 9.10. The molecule has 0 amide bonds. The first-order chi connectivity index (χ1) is 18.6. The van der Waals surface area contributed by atoms with Crippen LogP contribution < -0.4 is 20.9 Å². The van der Waals surface area contributed by atoms with Gasteiger partial charge in [0.15, 0.2) is 12.5 Å². The average molecular weight is 563 g/mol. The van der Waals surface area contributed by atoms with E-state index >= 15 is 0 Å². The van der Waals surface area contributed by atoms with Gasteiger partial charge in [0.05, 0.1) is 6.61 Å². The minimum atomic E-state index is -4.20. The highest BCUT2D eigenvalue weighted by molar-refractivity contribution is 7.52. The van der Waals surface area contributed by atoms with E-state index in [0.717, 1.165) is 0 Å². The number of carbonyl (C=O) groups is 1. The third kappa shape index (κ3) is 7.71. The molecule has 4 rings (SSSR count). The number of aryl methyl sites for hydroxylation is 1. The van der Waals surface area contributed by atoms with Gasteiger partial charge in [0.2, 0.25) is 0 Å². The van der Waals surface area contributed by atoms with Gasteiger partial charge in [-0.3, -0.25) is 23.7 Å². The molecule has 4 atom stereocenters. The fourth-order valence-corrected chi connectivity index (χ4v) is 4.97. The zero-order valence-corrected chi connectivity index (χ0v) is 22.0. The number of rotatable bonds is 11. The summed E-state index contributed by atoms with van der Waals surface area (Å²) in [6.07, 6.45) is -0.545. The van der Waals surface area contributed by atoms with E-state index < -0.39 is 49.3 Å². The van der Waals surface area contributed by atoms with Crippen LogP contribution in [-0.4, -0.2) is 41.1 Å². The van der Waals surface area contributed by atoms with Gasteiger partial charge in [-0.1, -0.05) is 30.3 Å². The van der Waals surface area contributed by atoms with Crippen molar-refractivity contribution in [2.75, 3.05) is 13.2 Å². The Balaban J connectivity index is 1.39. The molecule has 1 aliphatic heterocycles. The van der Waals surface area contributed by atoms with Gasteiger partial charge in [0.1, 0.15) is 30.8 Å². The van der Waals surface area contributed by atoms with Crippen LogP contribution >= 0.6 is 7.75 Å². The van der Waals surface area contributed by atoms with E-state index in [1.165, 1.54) is 42.0 Å². The summed E-state index contributed by atoms with van der Waals surface area (Å²) in [4.78, 5) is 38.5. The number of carbonyl (C=O) groups excluding carboxylic acids is 1. The number of nitrogens with one attached hydrogen (secondary N) is 2. The van der Waals surface area contributed by atoms with Crippen molar-refractivity contribution < 1.29 is 37.0 Å². The van der Waals surface area contributed by atoms with Crippen LogP contribution in [0.4, 0.5) is 4.39 Å². The van der Waals surface area contributed by atoms with Gasteiger partial charge in [0.25, 0.3) is 5.56 Å². The van der Waals surface area contributed by atoms with Crippen LogP contribution in [-0.2, 0) is 34.7 Å². The Morgan fingerprint density at radius 2 is 1.92 bits per heavy atom. The first-order valence-corrected chi connectivity index (χ1v) is 13.4. The summed E-state index contributed by atoms with van der Waals surface area (Å²) < 4.78 is 55.5. The molecule has 1 fully saturated rings. The summed E-state index contributed by atoms with van der Waals surface area (Å²) in [5, 5.41) is 2.55. The molecule has 0 aliphatic carbocycles. The Hall–Kier alpha value is -3.61. The Morgan fingerprint density at radius 1 is 1.21 bits per heavy atom. The quantitative estimate of drug-likeness (QED) is 0.264. The molecule has 14 heteroatoms. The summed E-state index contributed by atoms with van der Waals surface area (Å²) in [6, 6.07) is 12.5. The molecule has 2 heterocycles. The van der Waals surface area contributed by atoms with Crippen LogP contribution in [0.25, 0.3) is 0 Å². The first kappa shape index (κ1) is 28.4. The van der Waals surface area contributed by atoms with Crippen LogP contribution in [0.3, 0.4) is 0 Å². The van der Waals surface area contributed by atoms with E-state index in [1.807, 2.05) is 0 Å². The molecule has 0 spiro atoms. The summed E-state index contributed by atoms with van der Waals surface area (Å²) in [6.45, 7) is 2.41. The van der Waals surface area contributed by atoms with Crippen molar-refractivity contribution in [1.29, 1.82) is 0 Å². The van der Waals surface area contributed by atoms with Crippen molar-refractivity contribution in [1.82, 2.24) is 14.6 Å². The number of ether oxygens (including phenoxy) is 3.